The fourth-order valence-corrected chi connectivity index (χ4v) is 5.69. The molecule has 4 aromatic rings. The van der Waals surface area contributed by atoms with Crippen LogP contribution in [0.3, 0.4) is 0 Å². The minimum absolute atomic E-state index is 0.0647. The predicted molar refractivity (Wildman–Crippen MR) is 167 cm³/mol. The van der Waals surface area contributed by atoms with Gasteiger partial charge in [0.05, 0.1) is 16.8 Å². The molecule has 0 radical (unpaired) electrons. The lowest BCUT2D eigenvalue weighted by atomic mass is 9.98. The number of alkyl halides is 3. The molecule has 11 nitrogen and oxygen atoms in total. The van der Waals surface area contributed by atoms with E-state index in [-0.39, 0.29) is 24.1 Å². The number of carbonyl (C=O) groups excluding carboxylic acids is 1. The van der Waals surface area contributed by atoms with Gasteiger partial charge in [0.1, 0.15) is 15.6 Å². The number of hydrogen-bond donors (Lipinski definition) is 3. The van der Waals surface area contributed by atoms with Gasteiger partial charge in [0.15, 0.2) is 0 Å². The molecule has 0 unspecified atom stereocenters. The van der Waals surface area contributed by atoms with E-state index in [4.69, 9.17) is 9.84 Å². The molecule has 46 heavy (non-hydrogen) atoms. The lowest BCUT2D eigenvalue weighted by Gasteiger charge is -2.32. The number of fused-ring (bicyclic) bond motifs is 1. The molecule has 2 aromatic heterocycles. The number of ether oxygens (including phenoxy) is 1. The van der Waals surface area contributed by atoms with Gasteiger partial charge in [0.2, 0.25) is 5.88 Å². The molecule has 15 heteroatoms. The van der Waals surface area contributed by atoms with E-state index in [9.17, 15) is 26.4 Å². The van der Waals surface area contributed by atoms with Gasteiger partial charge in [-0.3, -0.25) is 9.48 Å². The van der Waals surface area contributed by atoms with Crippen molar-refractivity contribution in [2.75, 3.05) is 31.6 Å². The molecule has 3 N–H and O–H groups in total. The number of carbonyl (C=O) groups is 1. The van der Waals surface area contributed by atoms with E-state index in [0.717, 1.165) is 73.0 Å². The van der Waals surface area contributed by atoms with Gasteiger partial charge < -0.3 is 10.1 Å². The van der Waals surface area contributed by atoms with Crippen LogP contribution >= 0.6 is 0 Å². The number of hydrogen-bond acceptors (Lipinski definition) is 9. The van der Waals surface area contributed by atoms with Crippen molar-refractivity contribution in [3.05, 3.63) is 83.2 Å². The molecule has 2 aromatic carbocycles. The molecule has 3 heterocycles. The third-order valence-corrected chi connectivity index (χ3v) is 8.75. The number of pyridine rings is 1. The van der Waals surface area contributed by atoms with Gasteiger partial charge in [0.25, 0.3) is 5.91 Å². The Labute approximate surface area is 265 Å². The topological polar surface area (TPSA) is 130 Å². The maximum Gasteiger partial charge on any atom is 0.417 e. The van der Waals surface area contributed by atoms with E-state index in [1.807, 2.05) is 36.0 Å². The molecule has 1 aliphatic heterocycles. The molecule has 1 saturated heterocycles. The molecule has 1 fully saturated rings. The Morgan fingerprint density at radius 1 is 1.07 bits per heavy atom. The smallest absolute Gasteiger partial charge is 0.417 e. The summed E-state index contributed by atoms with van der Waals surface area (Å²) in [6.07, 6.45) is 1.36. The quantitative estimate of drug-likeness (QED) is 0.191. The van der Waals surface area contributed by atoms with Crippen molar-refractivity contribution in [1.82, 2.24) is 36.1 Å². The summed E-state index contributed by atoms with van der Waals surface area (Å²) >= 11 is 0. The summed E-state index contributed by atoms with van der Waals surface area (Å²) < 4.78 is 68.3. The first kappa shape index (κ1) is 33.3. The van der Waals surface area contributed by atoms with E-state index in [0.29, 0.717) is 23.8 Å². The second kappa shape index (κ2) is 14.2. The third kappa shape index (κ3) is 9.02. The monoisotopic (exact) mass is 659 g/mol. The van der Waals surface area contributed by atoms with Gasteiger partial charge in [-0.25, -0.2) is 23.8 Å². The average molecular weight is 660 g/mol. The van der Waals surface area contributed by atoms with E-state index < -0.39 is 21.6 Å². The minimum atomic E-state index is -4.44. The molecule has 0 bridgehead atoms. The molecule has 5 rings (SSSR count). The Kier molecular flexibility index (Phi) is 10.3. The zero-order valence-corrected chi connectivity index (χ0v) is 26.3. The first-order valence-corrected chi connectivity index (χ1v) is 16.9. The number of nitrogens with zero attached hydrogens (tertiary/aromatic N) is 4. The summed E-state index contributed by atoms with van der Waals surface area (Å²) in [7, 11) is -3.16. The highest BCUT2D eigenvalue weighted by molar-refractivity contribution is 7.90. The van der Waals surface area contributed by atoms with Crippen LogP contribution in [0.4, 0.5) is 13.2 Å². The van der Waals surface area contributed by atoms with Gasteiger partial charge >= 0.3 is 6.18 Å². The highest BCUT2D eigenvalue weighted by atomic mass is 32.2. The van der Waals surface area contributed by atoms with Crippen molar-refractivity contribution in [2.45, 2.75) is 39.0 Å². The molecule has 0 atom stereocenters. The first-order valence-electron chi connectivity index (χ1n) is 14.8. The maximum atomic E-state index is 12.7. The summed E-state index contributed by atoms with van der Waals surface area (Å²) in [6.45, 7) is 4.96. The number of piperidine rings is 1. The van der Waals surface area contributed by atoms with Gasteiger partial charge in [-0.1, -0.05) is 12.1 Å². The fraction of sp³-hybridized carbons (Fsp3) is 0.387. The fourth-order valence-electron chi connectivity index (χ4n) is 5.22. The van der Waals surface area contributed by atoms with E-state index in [1.54, 1.807) is 18.2 Å². The lowest BCUT2D eigenvalue weighted by Crippen LogP contribution is -2.50. The number of halogens is 3. The number of aryl methyl sites for hydroxylation is 1. The van der Waals surface area contributed by atoms with Crippen molar-refractivity contribution in [2.24, 2.45) is 5.92 Å². The molecular weight excluding hydrogens is 623 g/mol. The second-order valence-electron chi connectivity index (χ2n) is 11.4. The van der Waals surface area contributed by atoms with E-state index >= 15 is 0 Å². The summed E-state index contributed by atoms with van der Waals surface area (Å²) in [5.41, 5.74) is 8.76. The van der Waals surface area contributed by atoms with Gasteiger partial charge in [-0.2, -0.15) is 23.8 Å². The van der Waals surface area contributed by atoms with Gasteiger partial charge in [-0.15, -0.1) is 0 Å². The van der Waals surface area contributed by atoms with Crippen LogP contribution in [0.1, 0.15) is 39.9 Å². The van der Waals surface area contributed by atoms with E-state index in [2.05, 4.69) is 26.3 Å². The summed E-state index contributed by atoms with van der Waals surface area (Å²) in [4.78, 5) is 16.4. The van der Waals surface area contributed by atoms with Crippen LogP contribution in [-0.2, 0) is 29.1 Å². The lowest BCUT2D eigenvalue weighted by molar-refractivity contribution is -0.137. The van der Waals surface area contributed by atoms with Crippen molar-refractivity contribution >= 4 is 26.6 Å². The number of nitrogens with one attached hydrogen (secondary N) is 3. The zero-order valence-electron chi connectivity index (χ0n) is 25.5. The summed E-state index contributed by atoms with van der Waals surface area (Å²) in [5, 5.41) is 10.4. The normalized spacial score (nSPS) is 14.9. The van der Waals surface area contributed by atoms with E-state index in [1.165, 1.54) is 6.07 Å². The Morgan fingerprint density at radius 2 is 1.80 bits per heavy atom. The molecule has 0 saturated carbocycles. The SMILES string of the molecule is Cc1c(C(=O)NCCS(C)(=O)=O)ccc2nn(CC3CCN(NNCc4ccc(Oc5ccc(C(F)(F)F)cn5)cc4)CC3)cc12. The predicted octanol–water partition coefficient (Wildman–Crippen LogP) is 4.25. The number of benzene rings is 2. The van der Waals surface area contributed by atoms with Gasteiger partial charge in [0, 0.05) is 68.4 Å². The third-order valence-electron chi connectivity index (χ3n) is 7.81. The molecular formula is C31H36F3N7O4S. The van der Waals surface area contributed by atoms with Crippen LogP contribution in [0, 0.1) is 12.8 Å². The van der Waals surface area contributed by atoms with Crippen LogP contribution < -0.4 is 21.0 Å². The molecule has 1 amide bonds. The number of aromatic nitrogens is 3. The number of rotatable bonds is 12. The number of sulfone groups is 1. The van der Waals surface area contributed by atoms with Crippen LogP contribution in [0.15, 0.2) is 60.9 Å². The standard InChI is InChI=1S/C31H36F3N7O4S/c1-21-26(30(42)35-13-16-46(2,43)44)8-9-28-27(21)20-41(38-28)19-23-11-14-40(15-12-23)39-37-17-22-3-6-25(7-4-22)45-29-10-5-24(18-36-29)31(32,33)34/h3-10,18,20,23,37,39H,11-17,19H2,1-2H3,(H,35,42). The number of hydrazine groups is 2. The Morgan fingerprint density at radius 3 is 2.46 bits per heavy atom. The molecule has 246 valence electrons. The van der Waals surface area contributed by atoms with Crippen LogP contribution in [-0.4, -0.2) is 65.7 Å². The van der Waals surface area contributed by atoms with Crippen molar-refractivity contribution < 1.29 is 31.1 Å². The Balaban J connectivity index is 1.04. The van der Waals surface area contributed by atoms with Crippen molar-refractivity contribution in [3.63, 3.8) is 0 Å². The highest BCUT2D eigenvalue weighted by Gasteiger charge is 2.30. The number of amides is 1. The first-order chi connectivity index (χ1) is 21.8. The Hall–Kier alpha value is -4.05. The summed E-state index contributed by atoms with van der Waals surface area (Å²) in [6, 6.07) is 12.9. The second-order valence-corrected chi connectivity index (χ2v) is 13.7. The molecule has 1 aliphatic rings. The molecule has 0 spiro atoms. The minimum Gasteiger partial charge on any atom is -0.439 e. The van der Waals surface area contributed by atoms with Crippen LogP contribution in [0.25, 0.3) is 10.9 Å². The largest absolute Gasteiger partial charge is 0.439 e. The Bertz CT molecular complexity index is 1750. The van der Waals surface area contributed by atoms with Gasteiger partial charge in [-0.05, 0) is 67.1 Å². The highest BCUT2D eigenvalue weighted by Crippen LogP contribution is 2.30. The molecule has 0 aliphatic carbocycles. The summed E-state index contributed by atoms with van der Waals surface area (Å²) in [5.74, 6) is 0.588. The van der Waals surface area contributed by atoms with Crippen molar-refractivity contribution in [1.29, 1.82) is 0 Å². The van der Waals surface area contributed by atoms with Crippen LogP contribution in [0.2, 0.25) is 0 Å². The van der Waals surface area contributed by atoms with Crippen molar-refractivity contribution in [3.8, 4) is 11.6 Å². The zero-order chi connectivity index (χ0) is 32.9. The maximum absolute atomic E-state index is 12.7. The van der Waals surface area contributed by atoms with Crippen LogP contribution in [0.5, 0.6) is 11.6 Å². The average Bonchev–Trinajstić information content (AvgIpc) is 3.42.